The zero-order chi connectivity index (χ0) is 11.1. The first-order chi connectivity index (χ1) is 7.31. The Balaban J connectivity index is 2.79. The summed E-state index contributed by atoms with van der Waals surface area (Å²) in [4.78, 5) is 6.49. The average molecular weight is 209 g/mol. The van der Waals surface area contributed by atoms with Gasteiger partial charge in [0.1, 0.15) is 5.82 Å². The van der Waals surface area contributed by atoms with E-state index in [0.29, 0.717) is 13.1 Å². The molecular formula is C11H19N3O. The third-order valence-corrected chi connectivity index (χ3v) is 2.19. The quantitative estimate of drug-likeness (QED) is 0.725. The van der Waals surface area contributed by atoms with E-state index >= 15 is 0 Å². The number of rotatable bonds is 6. The van der Waals surface area contributed by atoms with Gasteiger partial charge in [-0.25, -0.2) is 4.98 Å². The summed E-state index contributed by atoms with van der Waals surface area (Å²) in [6.07, 6.45) is 1.04. The lowest BCUT2D eigenvalue weighted by atomic mass is 10.3. The normalized spacial score (nSPS) is 10.3. The van der Waals surface area contributed by atoms with Crippen LogP contribution in [0.4, 0.5) is 5.82 Å². The molecule has 0 unspecified atom stereocenters. The lowest BCUT2D eigenvalue weighted by Crippen LogP contribution is -2.28. The molecule has 1 aromatic rings. The lowest BCUT2D eigenvalue weighted by Gasteiger charge is -2.22. The number of aromatic nitrogens is 1. The number of hydrogen-bond acceptors (Lipinski definition) is 4. The lowest BCUT2D eigenvalue weighted by molar-refractivity contribution is 0.301. The molecule has 1 heterocycles. The van der Waals surface area contributed by atoms with Gasteiger partial charge in [0.2, 0.25) is 0 Å². The fraction of sp³-hybridized carbons (Fsp3) is 0.545. The smallest absolute Gasteiger partial charge is 0.128 e. The summed E-state index contributed by atoms with van der Waals surface area (Å²) >= 11 is 0. The predicted molar refractivity (Wildman–Crippen MR) is 61.7 cm³/mol. The molecule has 3 N–H and O–H groups in total. The molecule has 0 aliphatic heterocycles. The Hall–Kier alpha value is -1.13. The first-order valence-electron chi connectivity index (χ1n) is 5.33. The summed E-state index contributed by atoms with van der Waals surface area (Å²) in [6, 6.07) is 5.81. The van der Waals surface area contributed by atoms with Crippen LogP contribution in [0, 0.1) is 0 Å². The Labute approximate surface area is 90.7 Å². The zero-order valence-electron chi connectivity index (χ0n) is 9.19. The topological polar surface area (TPSA) is 62.4 Å². The van der Waals surface area contributed by atoms with E-state index in [1.807, 2.05) is 18.2 Å². The van der Waals surface area contributed by atoms with Crippen LogP contribution in [-0.4, -0.2) is 29.8 Å². The molecule has 4 nitrogen and oxygen atoms in total. The van der Waals surface area contributed by atoms with Crippen LogP contribution < -0.4 is 10.6 Å². The van der Waals surface area contributed by atoms with Crippen LogP contribution in [0.3, 0.4) is 0 Å². The van der Waals surface area contributed by atoms with Gasteiger partial charge in [-0.15, -0.1) is 0 Å². The Kier molecular flexibility index (Phi) is 5.07. The van der Waals surface area contributed by atoms with Gasteiger partial charge in [0.05, 0.1) is 12.3 Å². The van der Waals surface area contributed by atoms with E-state index in [1.165, 1.54) is 0 Å². The maximum atomic E-state index is 8.96. The fourth-order valence-corrected chi connectivity index (χ4v) is 1.49. The molecule has 0 atom stereocenters. The van der Waals surface area contributed by atoms with E-state index < -0.39 is 0 Å². The second-order valence-electron chi connectivity index (χ2n) is 3.40. The van der Waals surface area contributed by atoms with Gasteiger partial charge >= 0.3 is 0 Å². The largest absolute Gasteiger partial charge is 0.395 e. The fourth-order valence-electron chi connectivity index (χ4n) is 1.49. The van der Waals surface area contributed by atoms with Crippen molar-refractivity contribution >= 4 is 5.82 Å². The predicted octanol–water partition coefficient (Wildman–Crippen LogP) is 0.749. The zero-order valence-corrected chi connectivity index (χ0v) is 9.19. The van der Waals surface area contributed by atoms with E-state index in [-0.39, 0.29) is 6.61 Å². The molecule has 84 valence electrons. The molecule has 1 rings (SSSR count). The van der Waals surface area contributed by atoms with Crippen LogP contribution >= 0.6 is 0 Å². The highest BCUT2D eigenvalue weighted by atomic mass is 16.3. The minimum atomic E-state index is 0.147. The van der Waals surface area contributed by atoms with Gasteiger partial charge in [0.25, 0.3) is 0 Å². The van der Waals surface area contributed by atoms with E-state index in [2.05, 4.69) is 16.8 Å². The van der Waals surface area contributed by atoms with Crippen molar-refractivity contribution in [2.45, 2.75) is 19.9 Å². The molecule has 0 fully saturated rings. The van der Waals surface area contributed by atoms with Crippen LogP contribution in [0.25, 0.3) is 0 Å². The first kappa shape index (κ1) is 11.9. The van der Waals surface area contributed by atoms with Crippen LogP contribution in [-0.2, 0) is 6.54 Å². The van der Waals surface area contributed by atoms with Gasteiger partial charge in [-0.1, -0.05) is 13.0 Å². The van der Waals surface area contributed by atoms with Crippen LogP contribution in [0.1, 0.15) is 19.0 Å². The number of anilines is 1. The van der Waals surface area contributed by atoms with Gasteiger partial charge in [0.15, 0.2) is 0 Å². The van der Waals surface area contributed by atoms with Crippen molar-refractivity contribution in [1.29, 1.82) is 0 Å². The standard InChI is InChI=1S/C11H19N3O/c1-2-6-14(7-8-15)11-5-3-4-10(9-12)13-11/h3-5,15H,2,6-9,12H2,1H3. The maximum Gasteiger partial charge on any atom is 0.128 e. The number of aliphatic hydroxyl groups is 1. The minimum absolute atomic E-state index is 0.147. The van der Waals surface area contributed by atoms with Crippen molar-refractivity contribution in [2.75, 3.05) is 24.6 Å². The van der Waals surface area contributed by atoms with E-state index in [9.17, 15) is 0 Å². The van der Waals surface area contributed by atoms with Gasteiger partial charge in [-0.3, -0.25) is 0 Å². The summed E-state index contributed by atoms with van der Waals surface area (Å²) in [7, 11) is 0. The molecule has 0 amide bonds. The highest BCUT2D eigenvalue weighted by molar-refractivity contribution is 5.39. The molecule has 0 aliphatic carbocycles. The molecular weight excluding hydrogens is 190 g/mol. The molecule has 0 spiro atoms. The average Bonchev–Trinajstić information content (AvgIpc) is 2.29. The van der Waals surface area contributed by atoms with Gasteiger partial charge in [0, 0.05) is 19.6 Å². The van der Waals surface area contributed by atoms with Crippen LogP contribution in [0.5, 0.6) is 0 Å². The third-order valence-electron chi connectivity index (χ3n) is 2.19. The van der Waals surface area contributed by atoms with E-state index in [0.717, 1.165) is 24.5 Å². The summed E-state index contributed by atoms with van der Waals surface area (Å²) in [5.41, 5.74) is 6.42. The molecule has 15 heavy (non-hydrogen) atoms. The summed E-state index contributed by atoms with van der Waals surface area (Å²) < 4.78 is 0. The molecule has 0 aliphatic rings. The van der Waals surface area contributed by atoms with Crippen LogP contribution in [0.2, 0.25) is 0 Å². The Morgan fingerprint density at radius 2 is 2.20 bits per heavy atom. The number of hydrogen-bond donors (Lipinski definition) is 2. The van der Waals surface area contributed by atoms with Crippen molar-refractivity contribution in [1.82, 2.24) is 4.98 Å². The summed E-state index contributed by atoms with van der Waals surface area (Å²) in [6.45, 7) is 4.23. The molecule has 0 radical (unpaired) electrons. The molecule has 4 heteroatoms. The van der Waals surface area contributed by atoms with Crippen LogP contribution in [0.15, 0.2) is 18.2 Å². The van der Waals surface area contributed by atoms with Crippen molar-refractivity contribution in [2.24, 2.45) is 5.73 Å². The molecule has 0 bridgehead atoms. The second-order valence-corrected chi connectivity index (χ2v) is 3.40. The Bertz CT molecular complexity index is 285. The monoisotopic (exact) mass is 209 g/mol. The Morgan fingerprint density at radius 3 is 2.80 bits per heavy atom. The SMILES string of the molecule is CCCN(CCO)c1cccc(CN)n1. The third kappa shape index (κ3) is 3.49. The van der Waals surface area contributed by atoms with Gasteiger partial charge in [-0.05, 0) is 18.6 Å². The number of nitrogens with zero attached hydrogens (tertiary/aromatic N) is 2. The van der Waals surface area contributed by atoms with E-state index in [4.69, 9.17) is 10.8 Å². The van der Waals surface area contributed by atoms with Crippen molar-refractivity contribution < 1.29 is 5.11 Å². The summed E-state index contributed by atoms with van der Waals surface area (Å²) in [5, 5.41) is 8.96. The second kappa shape index (κ2) is 6.37. The highest BCUT2D eigenvalue weighted by Gasteiger charge is 2.06. The maximum absolute atomic E-state index is 8.96. The highest BCUT2D eigenvalue weighted by Crippen LogP contribution is 2.11. The number of aliphatic hydroxyl groups excluding tert-OH is 1. The first-order valence-corrected chi connectivity index (χ1v) is 5.33. The molecule has 0 aromatic carbocycles. The van der Waals surface area contributed by atoms with Gasteiger partial charge < -0.3 is 15.7 Å². The minimum Gasteiger partial charge on any atom is -0.395 e. The van der Waals surface area contributed by atoms with Crippen molar-refractivity contribution in [3.8, 4) is 0 Å². The summed E-state index contributed by atoms with van der Waals surface area (Å²) in [5.74, 6) is 0.897. The molecule has 0 saturated heterocycles. The number of nitrogens with two attached hydrogens (primary N) is 1. The Morgan fingerprint density at radius 1 is 1.40 bits per heavy atom. The van der Waals surface area contributed by atoms with E-state index in [1.54, 1.807) is 0 Å². The number of pyridine rings is 1. The van der Waals surface area contributed by atoms with Crippen molar-refractivity contribution in [3.05, 3.63) is 23.9 Å². The molecule has 1 aromatic heterocycles. The van der Waals surface area contributed by atoms with Gasteiger partial charge in [-0.2, -0.15) is 0 Å². The van der Waals surface area contributed by atoms with Crippen molar-refractivity contribution in [3.63, 3.8) is 0 Å². The molecule has 0 saturated carbocycles.